The molecule has 0 radical (unpaired) electrons. The molecule has 0 bridgehead atoms. The summed E-state index contributed by atoms with van der Waals surface area (Å²) in [5.74, 6) is -1.64. The minimum atomic E-state index is -5.09. The molecule has 1 aliphatic heterocycles. The lowest BCUT2D eigenvalue weighted by Gasteiger charge is -2.40. The zero-order valence-corrected chi connectivity index (χ0v) is 26.1. The van der Waals surface area contributed by atoms with Gasteiger partial charge in [-0.15, -0.1) is 5.10 Å². The Labute approximate surface area is 269 Å². The molecule has 2 aliphatic rings. The van der Waals surface area contributed by atoms with Gasteiger partial charge in [0.1, 0.15) is 0 Å². The second-order valence-corrected chi connectivity index (χ2v) is 12.4. The standard InChI is InChI=1S/C31H33F9N6O2/c1-16-11-23-24(5-4-10-45(22-8-6-19(7-9-22)27(47)48)26(23)17(2)25(16)31(38,39)40)46(28-41-43-44(3)42-28)15-18-12-20(29(32,33)34)14-21(13-18)30(35,36)37/h11-14,19,22,24H,4-10,15H2,1-3H3,(H,47,48)/t19?,22?,24-/m0/s1. The maximum absolute atomic E-state index is 14.5. The summed E-state index contributed by atoms with van der Waals surface area (Å²) in [5, 5.41) is 21.5. The van der Waals surface area contributed by atoms with Gasteiger partial charge in [0.2, 0.25) is 0 Å². The van der Waals surface area contributed by atoms with Gasteiger partial charge in [-0.05, 0) is 98.0 Å². The molecule has 262 valence electrons. The Morgan fingerprint density at radius 3 is 2.00 bits per heavy atom. The third-order valence-electron chi connectivity index (χ3n) is 9.19. The van der Waals surface area contributed by atoms with Crippen molar-refractivity contribution >= 4 is 17.6 Å². The maximum Gasteiger partial charge on any atom is 0.416 e. The van der Waals surface area contributed by atoms with Crippen LogP contribution in [0, 0.1) is 19.8 Å². The van der Waals surface area contributed by atoms with Gasteiger partial charge in [0, 0.05) is 24.8 Å². The molecule has 8 nitrogen and oxygen atoms in total. The van der Waals surface area contributed by atoms with Crippen molar-refractivity contribution in [3.63, 3.8) is 0 Å². The summed E-state index contributed by atoms with van der Waals surface area (Å²) in [5.41, 5.74) is -3.77. The Balaban J connectivity index is 1.68. The molecular formula is C31H33F9N6O2. The second-order valence-electron chi connectivity index (χ2n) is 12.4. The number of rotatable bonds is 6. The van der Waals surface area contributed by atoms with E-state index in [1.165, 1.54) is 31.9 Å². The molecule has 17 heteroatoms. The van der Waals surface area contributed by atoms with Crippen molar-refractivity contribution in [2.24, 2.45) is 13.0 Å². The maximum atomic E-state index is 14.5. The third kappa shape index (κ3) is 7.18. The van der Waals surface area contributed by atoms with Crippen LogP contribution in [-0.2, 0) is 36.9 Å². The highest BCUT2D eigenvalue weighted by Crippen LogP contribution is 2.48. The van der Waals surface area contributed by atoms with Gasteiger partial charge in [-0.1, -0.05) is 11.2 Å². The van der Waals surface area contributed by atoms with Crippen molar-refractivity contribution in [2.45, 2.75) is 89.5 Å². The normalized spacial score (nSPS) is 20.8. The lowest BCUT2D eigenvalue weighted by atomic mass is 9.84. The van der Waals surface area contributed by atoms with Crippen LogP contribution in [0.2, 0.25) is 0 Å². The van der Waals surface area contributed by atoms with E-state index in [0.717, 1.165) is 4.80 Å². The summed E-state index contributed by atoms with van der Waals surface area (Å²) in [4.78, 5) is 15.9. The summed E-state index contributed by atoms with van der Waals surface area (Å²) < 4.78 is 126. The van der Waals surface area contributed by atoms with Gasteiger partial charge in [-0.2, -0.15) is 44.3 Å². The molecule has 2 heterocycles. The van der Waals surface area contributed by atoms with E-state index in [2.05, 4.69) is 15.4 Å². The van der Waals surface area contributed by atoms with E-state index < -0.39 is 59.7 Å². The lowest BCUT2D eigenvalue weighted by molar-refractivity contribution is -0.144. The molecule has 0 saturated heterocycles. The molecule has 0 unspecified atom stereocenters. The van der Waals surface area contributed by atoms with Crippen LogP contribution in [0.4, 0.5) is 51.1 Å². The van der Waals surface area contributed by atoms with Gasteiger partial charge in [-0.25, -0.2) is 0 Å². The summed E-state index contributed by atoms with van der Waals surface area (Å²) in [6.07, 6.45) is -12.8. The number of tetrazole rings is 1. The van der Waals surface area contributed by atoms with Crippen LogP contribution in [-0.4, -0.2) is 43.9 Å². The molecular weight excluding hydrogens is 659 g/mol. The van der Waals surface area contributed by atoms with E-state index in [0.29, 0.717) is 49.8 Å². The molecule has 0 spiro atoms. The van der Waals surface area contributed by atoms with E-state index in [9.17, 15) is 49.4 Å². The first-order chi connectivity index (χ1) is 22.3. The zero-order chi connectivity index (χ0) is 35.3. The largest absolute Gasteiger partial charge is 0.481 e. The van der Waals surface area contributed by atoms with E-state index >= 15 is 0 Å². The van der Waals surface area contributed by atoms with E-state index in [1.54, 1.807) is 0 Å². The quantitative estimate of drug-likeness (QED) is 0.263. The molecule has 3 aromatic rings. The molecule has 2 aromatic carbocycles. The molecule has 48 heavy (non-hydrogen) atoms. The number of halogens is 9. The third-order valence-corrected chi connectivity index (χ3v) is 9.19. The van der Waals surface area contributed by atoms with Crippen LogP contribution in [0.1, 0.15) is 83.5 Å². The molecule has 1 atom stereocenters. The first-order valence-corrected chi connectivity index (χ1v) is 15.3. The van der Waals surface area contributed by atoms with E-state index in [1.807, 2.05) is 4.90 Å². The van der Waals surface area contributed by atoms with Gasteiger partial charge < -0.3 is 14.9 Å². The van der Waals surface area contributed by atoms with Crippen LogP contribution in [0.5, 0.6) is 0 Å². The first kappa shape index (κ1) is 35.3. The average Bonchev–Trinajstić information content (AvgIpc) is 3.31. The Kier molecular flexibility index (Phi) is 9.38. The Morgan fingerprint density at radius 1 is 0.896 bits per heavy atom. The monoisotopic (exact) mass is 692 g/mol. The molecule has 1 aromatic heterocycles. The Hall–Kier alpha value is -4.05. The number of aromatic nitrogens is 4. The summed E-state index contributed by atoms with van der Waals surface area (Å²) >= 11 is 0. The zero-order valence-electron chi connectivity index (χ0n) is 26.1. The molecule has 0 amide bonds. The van der Waals surface area contributed by atoms with Crippen molar-refractivity contribution in [1.82, 2.24) is 20.2 Å². The number of carbonyl (C=O) groups is 1. The molecule has 1 aliphatic carbocycles. The summed E-state index contributed by atoms with van der Waals surface area (Å²) in [7, 11) is 1.42. The topological polar surface area (TPSA) is 87.4 Å². The molecule has 1 saturated carbocycles. The number of hydrogen-bond donors (Lipinski definition) is 1. The number of alkyl halides is 9. The van der Waals surface area contributed by atoms with Gasteiger partial charge in [0.05, 0.1) is 35.7 Å². The van der Waals surface area contributed by atoms with Crippen LogP contribution in [0.25, 0.3) is 0 Å². The SMILES string of the molecule is Cc1cc2c(c(C)c1C(F)(F)F)N(C1CCC(C(=O)O)CC1)CCC[C@@H]2N(Cc1cc(C(F)(F)F)cc(C(F)(F)F)c1)c1nnn(C)n1. The fraction of sp³-hybridized carbons (Fsp3) is 0.548. The van der Waals surface area contributed by atoms with Crippen molar-refractivity contribution in [3.8, 4) is 0 Å². The minimum Gasteiger partial charge on any atom is -0.481 e. The smallest absolute Gasteiger partial charge is 0.416 e. The number of carboxylic acids is 1. The highest BCUT2D eigenvalue weighted by atomic mass is 19.4. The van der Waals surface area contributed by atoms with Crippen molar-refractivity contribution in [3.05, 3.63) is 63.2 Å². The number of benzene rings is 2. The number of nitrogens with zero attached hydrogens (tertiary/aromatic N) is 6. The van der Waals surface area contributed by atoms with Gasteiger partial charge >= 0.3 is 24.5 Å². The fourth-order valence-electron chi connectivity index (χ4n) is 7.14. The van der Waals surface area contributed by atoms with E-state index in [4.69, 9.17) is 0 Å². The Bertz CT molecular complexity index is 1630. The van der Waals surface area contributed by atoms with Gasteiger partial charge in [0.15, 0.2) is 0 Å². The summed E-state index contributed by atoms with van der Waals surface area (Å²) in [6, 6.07) is 1.43. The van der Waals surface area contributed by atoms with Gasteiger partial charge in [-0.3, -0.25) is 4.79 Å². The van der Waals surface area contributed by atoms with Crippen molar-refractivity contribution < 1.29 is 49.4 Å². The molecule has 1 N–H and O–H groups in total. The predicted molar refractivity (Wildman–Crippen MR) is 155 cm³/mol. The predicted octanol–water partition coefficient (Wildman–Crippen LogP) is 7.87. The summed E-state index contributed by atoms with van der Waals surface area (Å²) in [6.45, 7) is 2.39. The van der Waals surface area contributed by atoms with Crippen molar-refractivity contribution in [2.75, 3.05) is 16.3 Å². The highest BCUT2D eigenvalue weighted by molar-refractivity contribution is 5.70. The number of carboxylic acid groups (broad SMARTS) is 1. The average molecular weight is 693 g/mol. The van der Waals surface area contributed by atoms with Crippen LogP contribution < -0.4 is 9.80 Å². The van der Waals surface area contributed by atoms with Crippen molar-refractivity contribution in [1.29, 1.82) is 0 Å². The lowest BCUT2D eigenvalue weighted by Crippen LogP contribution is -2.40. The first-order valence-electron chi connectivity index (χ1n) is 15.3. The van der Waals surface area contributed by atoms with Crippen LogP contribution in [0.15, 0.2) is 24.3 Å². The fourth-order valence-corrected chi connectivity index (χ4v) is 7.14. The number of hydrogen-bond acceptors (Lipinski definition) is 6. The Morgan fingerprint density at radius 2 is 1.50 bits per heavy atom. The van der Waals surface area contributed by atoms with E-state index in [-0.39, 0.29) is 53.4 Å². The second kappa shape index (κ2) is 12.8. The van der Waals surface area contributed by atoms with Crippen LogP contribution in [0.3, 0.4) is 0 Å². The van der Waals surface area contributed by atoms with Crippen LogP contribution >= 0.6 is 0 Å². The molecule has 1 fully saturated rings. The number of aryl methyl sites for hydroxylation is 2. The van der Waals surface area contributed by atoms with Gasteiger partial charge in [0.25, 0.3) is 5.95 Å². The highest BCUT2D eigenvalue weighted by Gasteiger charge is 2.42. The minimum absolute atomic E-state index is 0.0255. The number of fused-ring (bicyclic) bond motifs is 1. The molecule has 5 rings (SSSR count). The number of aliphatic carboxylic acids is 1. The number of anilines is 2.